The molecule has 0 radical (unpaired) electrons. The minimum absolute atomic E-state index is 0.242. The van der Waals surface area contributed by atoms with Gasteiger partial charge >= 0.3 is 0 Å². The maximum Gasteiger partial charge on any atom is 0.125 e. The first-order chi connectivity index (χ1) is 9.69. The van der Waals surface area contributed by atoms with Crippen molar-refractivity contribution in [3.8, 4) is 11.5 Å². The van der Waals surface area contributed by atoms with Gasteiger partial charge in [0.15, 0.2) is 0 Å². The molecule has 1 atom stereocenters. The van der Waals surface area contributed by atoms with E-state index in [-0.39, 0.29) is 6.04 Å². The van der Waals surface area contributed by atoms with Crippen LogP contribution in [0.25, 0.3) is 0 Å². The van der Waals surface area contributed by atoms with Crippen molar-refractivity contribution in [2.24, 2.45) is 5.73 Å². The molecule has 2 aromatic rings. The van der Waals surface area contributed by atoms with E-state index in [2.05, 4.69) is 6.07 Å². The summed E-state index contributed by atoms with van der Waals surface area (Å²) in [7, 11) is 1.62. The number of ether oxygens (including phenoxy) is 2. The number of halogens is 1. The summed E-state index contributed by atoms with van der Waals surface area (Å²) < 4.78 is 10.9. The SMILES string of the molecule is COc1cc(Cl)ccc1C(N)c1ccc2c(c1)CCO2. The van der Waals surface area contributed by atoms with E-state index < -0.39 is 0 Å². The third-order valence-electron chi connectivity index (χ3n) is 3.60. The molecule has 3 rings (SSSR count). The lowest BCUT2D eigenvalue weighted by molar-refractivity contribution is 0.357. The van der Waals surface area contributed by atoms with Crippen molar-refractivity contribution in [2.45, 2.75) is 12.5 Å². The number of rotatable bonds is 3. The summed E-state index contributed by atoms with van der Waals surface area (Å²) in [6.07, 6.45) is 0.938. The molecule has 1 aliphatic rings. The van der Waals surface area contributed by atoms with Gasteiger partial charge in [-0.2, -0.15) is 0 Å². The smallest absolute Gasteiger partial charge is 0.125 e. The molecule has 20 heavy (non-hydrogen) atoms. The first-order valence-electron chi connectivity index (χ1n) is 6.53. The highest BCUT2D eigenvalue weighted by Crippen LogP contribution is 2.33. The van der Waals surface area contributed by atoms with Crippen LogP contribution < -0.4 is 15.2 Å². The van der Waals surface area contributed by atoms with Crippen LogP contribution >= 0.6 is 11.6 Å². The first kappa shape index (κ1) is 13.3. The Morgan fingerprint density at radius 1 is 1.25 bits per heavy atom. The van der Waals surface area contributed by atoms with Crippen LogP contribution in [0.1, 0.15) is 22.7 Å². The van der Waals surface area contributed by atoms with Crippen molar-refractivity contribution in [1.82, 2.24) is 0 Å². The molecule has 0 spiro atoms. The lowest BCUT2D eigenvalue weighted by Crippen LogP contribution is -2.13. The number of nitrogens with two attached hydrogens (primary N) is 1. The highest BCUT2D eigenvalue weighted by atomic mass is 35.5. The van der Waals surface area contributed by atoms with E-state index in [1.165, 1.54) is 5.56 Å². The average molecular weight is 290 g/mol. The van der Waals surface area contributed by atoms with Gasteiger partial charge in [-0.15, -0.1) is 0 Å². The van der Waals surface area contributed by atoms with Crippen LogP contribution in [0, 0.1) is 0 Å². The lowest BCUT2D eigenvalue weighted by atomic mass is 9.96. The van der Waals surface area contributed by atoms with Crippen LogP contribution in [0.4, 0.5) is 0 Å². The van der Waals surface area contributed by atoms with Gasteiger partial charge in [0.25, 0.3) is 0 Å². The van der Waals surface area contributed by atoms with Crippen molar-refractivity contribution < 1.29 is 9.47 Å². The zero-order valence-corrected chi connectivity index (χ0v) is 12.0. The maximum atomic E-state index is 6.37. The molecule has 104 valence electrons. The number of fused-ring (bicyclic) bond motifs is 1. The summed E-state index contributed by atoms with van der Waals surface area (Å²) in [6.45, 7) is 0.748. The summed E-state index contributed by atoms with van der Waals surface area (Å²) in [4.78, 5) is 0. The van der Waals surface area contributed by atoms with Gasteiger partial charge in [-0.05, 0) is 29.3 Å². The van der Waals surface area contributed by atoms with E-state index in [4.69, 9.17) is 26.8 Å². The molecule has 1 aliphatic heterocycles. The molecule has 1 heterocycles. The summed E-state index contributed by atoms with van der Waals surface area (Å²) in [5.74, 6) is 1.67. The minimum atomic E-state index is -0.242. The average Bonchev–Trinajstić information content (AvgIpc) is 2.93. The highest BCUT2D eigenvalue weighted by molar-refractivity contribution is 6.30. The molecule has 0 bridgehead atoms. The quantitative estimate of drug-likeness (QED) is 0.942. The zero-order valence-electron chi connectivity index (χ0n) is 11.2. The Labute approximate surface area is 123 Å². The molecule has 1 unspecified atom stereocenters. The number of benzene rings is 2. The van der Waals surface area contributed by atoms with Crippen LogP contribution in [0.5, 0.6) is 11.5 Å². The van der Waals surface area contributed by atoms with Gasteiger partial charge in [0.1, 0.15) is 11.5 Å². The fourth-order valence-corrected chi connectivity index (χ4v) is 2.68. The van der Waals surface area contributed by atoms with E-state index >= 15 is 0 Å². The second kappa shape index (κ2) is 5.35. The van der Waals surface area contributed by atoms with Gasteiger partial charge in [-0.3, -0.25) is 0 Å². The van der Waals surface area contributed by atoms with Gasteiger partial charge in [-0.25, -0.2) is 0 Å². The third kappa shape index (κ3) is 2.35. The Kier molecular flexibility index (Phi) is 3.55. The van der Waals surface area contributed by atoms with Crippen molar-refractivity contribution in [1.29, 1.82) is 0 Å². The molecule has 0 saturated carbocycles. The Balaban J connectivity index is 1.98. The summed E-state index contributed by atoms with van der Waals surface area (Å²) in [5.41, 5.74) is 9.56. The normalized spacial score (nSPS) is 14.6. The van der Waals surface area contributed by atoms with Gasteiger partial charge in [0, 0.05) is 17.0 Å². The first-order valence-corrected chi connectivity index (χ1v) is 6.91. The van der Waals surface area contributed by atoms with Crippen molar-refractivity contribution >= 4 is 11.6 Å². The molecule has 0 aromatic heterocycles. The second-order valence-electron chi connectivity index (χ2n) is 4.83. The minimum Gasteiger partial charge on any atom is -0.496 e. The molecule has 0 aliphatic carbocycles. The van der Waals surface area contributed by atoms with Crippen LogP contribution in [0.3, 0.4) is 0 Å². The van der Waals surface area contributed by atoms with Crippen LogP contribution in [0.15, 0.2) is 36.4 Å². The number of methoxy groups -OCH3 is 1. The Bertz CT molecular complexity index is 642. The summed E-state index contributed by atoms with van der Waals surface area (Å²) in [6, 6.07) is 11.4. The Hall–Kier alpha value is -1.71. The predicted octanol–water partition coefficient (Wildman–Crippen LogP) is 3.33. The molecule has 2 aromatic carbocycles. The second-order valence-corrected chi connectivity index (χ2v) is 5.27. The molecule has 3 nitrogen and oxygen atoms in total. The predicted molar refractivity (Wildman–Crippen MR) is 79.7 cm³/mol. The highest BCUT2D eigenvalue weighted by Gasteiger charge is 2.18. The van der Waals surface area contributed by atoms with E-state index in [9.17, 15) is 0 Å². The van der Waals surface area contributed by atoms with Crippen molar-refractivity contribution in [2.75, 3.05) is 13.7 Å². The van der Waals surface area contributed by atoms with E-state index in [1.54, 1.807) is 13.2 Å². The zero-order chi connectivity index (χ0) is 14.1. The molecule has 0 amide bonds. The topological polar surface area (TPSA) is 44.5 Å². The molecular formula is C16H16ClNO2. The van der Waals surface area contributed by atoms with Crippen molar-refractivity contribution in [3.05, 3.63) is 58.1 Å². The van der Waals surface area contributed by atoms with Gasteiger partial charge in [0.05, 0.1) is 19.8 Å². The molecular weight excluding hydrogens is 274 g/mol. The Morgan fingerprint density at radius 3 is 2.90 bits per heavy atom. The molecule has 0 saturated heterocycles. The van der Waals surface area contributed by atoms with Gasteiger partial charge in [0.2, 0.25) is 0 Å². The van der Waals surface area contributed by atoms with Crippen LogP contribution in [-0.2, 0) is 6.42 Å². The molecule has 2 N–H and O–H groups in total. The van der Waals surface area contributed by atoms with Crippen molar-refractivity contribution in [3.63, 3.8) is 0 Å². The maximum absolute atomic E-state index is 6.37. The van der Waals surface area contributed by atoms with Crippen LogP contribution in [-0.4, -0.2) is 13.7 Å². The summed E-state index contributed by atoms with van der Waals surface area (Å²) in [5, 5.41) is 0.639. The van der Waals surface area contributed by atoms with E-state index in [1.807, 2.05) is 24.3 Å². The van der Waals surface area contributed by atoms with E-state index in [0.717, 1.165) is 29.9 Å². The third-order valence-corrected chi connectivity index (χ3v) is 3.84. The fraction of sp³-hybridized carbons (Fsp3) is 0.250. The van der Waals surface area contributed by atoms with E-state index in [0.29, 0.717) is 10.8 Å². The molecule has 0 fully saturated rings. The number of hydrogen-bond acceptors (Lipinski definition) is 3. The fourth-order valence-electron chi connectivity index (χ4n) is 2.52. The van der Waals surface area contributed by atoms with Gasteiger partial charge in [-0.1, -0.05) is 29.8 Å². The standard InChI is InChI=1S/C16H16ClNO2/c1-19-15-9-12(17)3-4-13(15)16(18)11-2-5-14-10(8-11)6-7-20-14/h2-5,8-9,16H,6-7,18H2,1H3. The largest absolute Gasteiger partial charge is 0.496 e. The van der Waals surface area contributed by atoms with Gasteiger partial charge < -0.3 is 15.2 Å². The van der Waals surface area contributed by atoms with Crippen LogP contribution in [0.2, 0.25) is 5.02 Å². The Morgan fingerprint density at radius 2 is 2.10 bits per heavy atom. The summed E-state index contributed by atoms with van der Waals surface area (Å²) >= 11 is 5.99. The lowest BCUT2D eigenvalue weighted by Gasteiger charge is -2.17. The monoisotopic (exact) mass is 289 g/mol. The molecule has 4 heteroatoms. The number of hydrogen-bond donors (Lipinski definition) is 1.